The van der Waals surface area contributed by atoms with E-state index in [-0.39, 0.29) is 52.4 Å². The third-order valence-corrected chi connectivity index (χ3v) is 8.04. The van der Waals surface area contributed by atoms with Crippen molar-refractivity contribution in [3.8, 4) is 5.75 Å². The molecule has 0 aliphatic heterocycles. The first-order valence-electron chi connectivity index (χ1n) is 14.2. The number of aliphatic hydroxyl groups is 1. The number of benzene rings is 2. The zero-order valence-electron chi connectivity index (χ0n) is 24.5. The number of amides is 2. The highest BCUT2D eigenvalue weighted by atomic mass is 19.4. The minimum atomic E-state index is -5.11. The van der Waals surface area contributed by atoms with Gasteiger partial charge in [-0.15, -0.1) is 0 Å². The quantitative estimate of drug-likeness (QED) is 0.184. The maximum absolute atomic E-state index is 13.9. The fraction of sp³-hybridized carbons (Fsp3) is 0.433. The summed E-state index contributed by atoms with van der Waals surface area (Å²) in [5.74, 6) is -7.19. The second-order valence-corrected chi connectivity index (χ2v) is 12.0. The van der Waals surface area contributed by atoms with Gasteiger partial charge in [0.25, 0.3) is 5.91 Å². The molecule has 1 aromatic heterocycles. The highest BCUT2D eigenvalue weighted by molar-refractivity contribution is 6.05. The predicted molar refractivity (Wildman–Crippen MR) is 148 cm³/mol. The van der Waals surface area contributed by atoms with Crippen molar-refractivity contribution in [2.45, 2.75) is 57.2 Å². The number of anilines is 1. The number of aromatic nitrogens is 2. The second kappa shape index (κ2) is 12.1. The van der Waals surface area contributed by atoms with E-state index in [1.165, 1.54) is 26.0 Å². The van der Waals surface area contributed by atoms with Gasteiger partial charge in [0.15, 0.2) is 5.69 Å². The standard InChI is InChI=1S/C30H27F9N4O4/c1-28(2,46)12-47-14-4-5-17-21(10-14)43(27(32)33)42-24(17)26(45)41-23-16-7-6-15(18(16)11-29(34,35)36)22(23)25(44)40-13-3-8-20(31)19(9-13)30(37,38)39/h3-5,8-11,15-16,22-23,27,46H,6-7,12H2,1-2H3,(H,40,44)(H,41,45)/b18-11-/t15?,16?,22-,23+/m0/s1. The molecule has 2 aromatic carbocycles. The summed E-state index contributed by atoms with van der Waals surface area (Å²) in [4.78, 5) is 27.0. The van der Waals surface area contributed by atoms with Gasteiger partial charge in [-0.1, -0.05) is 5.57 Å². The van der Waals surface area contributed by atoms with Gasteiger partial charge in [-0.2, -0.15) is 40.2 Å². The van der Waals surface area contributed by atoms with E-state index in [2.05, 4.69) is 15.7 Å². The van der Waals surface area contributed by atoms with Crippen molar-refractivity contribution in [1.82, 2.24) is 15.1 Å². The predicted octanol–water partition coefficient (Wildman–Crippen LogP) is 6.62. The zero-order chi connectivity index (χ0) is 34.6. The summed E-state index contributed by atoms with van der Waals surface area (Å²) >= 11 is 0. The Bertz CT molecular complexity index is 1730. The molecule has 8 nitrogen and oxygen atoms in total. The molecule has 2 aliphatic carbocycles. The molecule has 2 unspecified atom stereocenters. The van der Waals surface area contributed by atoms with Crippen LogP contribution in [0.5, 0.6) is 5.75 Å². The first kappa shape index (κ1) is 34.1. The van der Waals surface area contributed by atoms with Gasteiger partial charge >= 0.3 is 18.9 Å². The Kier molecular flexibility index (Phi) is 8.74. The molecule has 0 radical (unpaired) electrons. The van der Waals surface area contributed by atoms with E-state index in [1.807, 2.05) is 0 Å². The molecule has 1 heterocycles. The second-order valence-electron chi connectivity index (χ2n) is 12.0. The number of alkyl halides is 8. The van der Waals surface area contributed by atoms with Crippen LogP contribution in [0.25, 0.3) is 10.9 Å². The van der Waals surface area contributed by atoms with Crippen LogP contribution in [-0.2, 0) is 11.0 Å². The van der Waals surface area contributed by atoms with E-state index in [1.54, 1.807) is 0 Å². The Labute approximate surface area is 260 Å². The molecular weight excluding hydrogens is 651 g/mol. The van der Waals surface area contributed by atoms with Gasteiger partial charge < -0.3 is 20.5 Å². The average Bonchev–Trinajstić information content (AvgIpc) is 3.60. The Morgan fingerprint density at radius 1 is 1.06 bits per heavy atom. The molecule has 2 fully saturated rings. The number of fused-ring (bicyclic) bond motifs is 3. The molecule has 254 valence electrons. The van der Waals surface area contributed by atoms with E-state index < -0.39 is 82.9 Å². The third kappa shape index (κ3) is 7.18. The van der Waals surface area contributed by atoms with Crippen LogP contribution < -0.4 is 15.4 Å². The van der Waals surface area contributed by atoms with E-state index in [0.717, 1.165) is 12.1 Å². The SMILES string of the molecule is CC(C)(O)COc1ccc2c(C(=O)N[C@@H]3C4CCC(/C4=C/C(F)(F)F)[C@@H]3C(=O)Nc3ccc(F)c(C(F)(F)F)c3)nn(C(F)F)c2c1. The van der Waals surface area contributed by atoms with Crippen molar-refractivity contribution < 1.29 is 58.9 Å². The first-order chi connectivity index (χ1) is 21.7. The number of carbonyl (C=O) groups excluding carboxylic acids is 2. The van der Waals surface area contributed by atoms with E-state index in [4.69, 9.17) is 4.74 Å². The van der Waals surface area contributed by atoms with Crippen LogP contribution >= 0.6 is 0 Å². The number of allylic oxidation sites excluding steroid dienone is 1. The van der Waals surface area contributed by atoms with Crippen molar-refractivity contribution in [3.05, 3.63) is 65.1 Å². The zero-order valence-corrected chi connectivity index (χ0v) is 24.5. The number of nitrogens with zero attached hydrogens (tertiary/aromatic N) is 2. The molecule has 3 aromatic rings. The molecule has 0 saturated heterocycles. The lowest BCUT2D eigenvalue weighted by Gasteiger charge is -2.30. The van der Waals surface area contributed by atoms with Gasteiger partial charge in [0.05, 0.1) is 22.6 Å². The molecule has 2 aliphatic rings. The first-order valence-corrected chi connectivity index (χ1v) is 14.2. The van der Waals surface area contributed by atoms with Crippen LogP contribution in [0, 0.1) is 23.6 Å². The molecular formula is C30H27F9N4O4. The van der Waals surface area contributed by atoms with Crippen LogP contribution in [0.15, 0.2) is 48.0 Å². The van der Waals surface area contributed by atoms with E-state index >= 15 is 0 Å². The molecule has 17 heteroatoms. The van der Waals surface area contributed by atoms with Crippen molar-refractivity contribution in [1.29, 1.82) is 0 Å². The van der Waals surface area contributed by atoms with Crippen molar-refractivity contribution in [3.63, 3.8) is 0 Å². The lowest BCUT2D eigenvalue weighted by Crippen LogP contribution is -2.48. The van der Waals surface area contributed by atoms with Crippen molar-refractivity contribution >= 4 is 28.4 Å². The number of hydrogen-bond donors (Lipinski definition) is 3. The van der Waals surface area contributed by atoms with Gasteiger partial charge in [0.2, 0.25) is 5.91 Å². The Morgan fingerprint density at radius 2 is 1.74 bits per heavy atom. The lowest BCUT2D eigenvalue weighted by molar-refractivity contribution is -0.140. The third-order valence-electron chi connectivity index (χ3n) is 8.04. The van der Waals surface area contributed by atoms with Crippen LogP contribution in [0.2, 0.25) is 0 Å². The number of hydrogen-bond acceptors (Lipinski definition) is 5. The van der Waals surface area contributed by atoms with Gasteiger partial charge in [-0.25, -0.2) is 9.07 Å². The molecule has 0 spiro atoms. The fourth-order valence-electron chi connectivity index (χ4n) is 6.23. The number of nitrogens with one attached hydrogen (secondary N) is 2. The van der Waals surface area contributed by atoms with Crippen LogP contribution in [0.1, 0.15) is 49.3 Å². The Morgan fingerprint density at radius 3 is 2.36 bits per heavy atom. The normalized spacial score (nSPS) is 22.4. The van der Waals surface area contributed by atoms with Gasteiger partial charge in [0, 0.05) is 35.2 Å². The molecule has 2 saturated carbocycles. The average molecular weight is 679 g/mol. The van der Waals surface area contributed by atoms with Crippen molar-refractivity contribution in [2.24, 2.45) is 17.8 Å². The van der Waals surface area contributed by atoms with Crippen LogP contribution in [0.3, 0.4) is 0 Å². The van der Waals surface area contributed by atoms with E-state index in [0.29, 0.717) is 12.1 Å². The summed E-state index contributed by atoms with van der Waals surface area (Å²) in [6.45, 7) is -0.529. The van der Waals surface area contributed by atoms with Gasteiger partial charge in [-0.3, -0.25) is 9.59 Å². The summed E-state index contributed by atoms with van der Waals surface area (Å²) in [6, 6.07) is 4.06. The summed E-state index contributed by atoms with van der Waals surface area (Å²) < 4.78 is 128. The highest BCUT2D eigenvalue weighted by Gasteiger charge is 2.56. The minimum Gasteiger partial charge on any atom is -0.491 e. The minimum absolute atomic E-state index is 0.0253. The van der Waals surface area contributed by atoms with Crippen LogP contribution in [0.4, 0.5) is 45.2 Å². The van der Waals surface area contributed by atoms with E-state index in [9.17, 15) is 54.2 Å². The largest absolute Gasteiger partial charge is 0.491 e. The summed E-state index contributed by atoms with van der Waals surface area (Å²) in [6.07, 6.45) is -9.68. The monoisotopic (exact) mass is 678 g/mol. The topological polar surface area (TPSA) is 105 Å². The van der Waals surface area contributed by atoms with Gasteiger partial charge in [-0.05, 0) is 62.9 Å². The molecule has 3 N–H and O–H groups in total. The number of carbonyl (C=O) groups is 2. The molecule has 47 heavy (non-hydrogen) atoms. The Hall–Kier alpha value is -4.28. The smallest absolute Gasteiger partial charge is 0.419 e. The maximum atomic E-state index is 13.9. The van der Waals surface area contributed by atoms with Gasteiger partial charge in [0.1, 0.15) is 18.2 Å². The maximum Gasteiger partial charge on any atom is 0.419 e. The summed E-state index contributed by atoms with van der Waals surface area (Å²) in [5.41, 5.74) is -4.40. The summed E-state index contributed by atoms with van der Waals surface area (Å²) in [5, 5.41) is 18.2. The highest BCUT2D eigenvalue weighted by Crippen LogP contribution is 2.54. The summed E-state index contributed by atoms with van der Waals surface area (Å²) in [7, 11) is 0. The lowest BCUT2D eigenvalue weighted by atomic mass is 9.83. The number of rotatable bonds is 8. The Balaban J connectivity index is 1.48. The molecule has 2 bridgehead atoms. The molecule has 4 atom stereocenters. The fourth-order valence-corrected chi connectivity index (χ4v) is 6.23. The number of halogens is 9. The molecule has 2 amide bonds. The molecule has 5 rings (SSSR count). The van der Waals surface area contributed by atoms with Crippen LogP contribution in [-0.4, -0.2) is 51.1 Å². The number of ether oxygens (including phenoxy) is 1. The van der Waals surface area contributed by atoms with Crippen molar-refractivity contribution in [2.75, 3.05) is 11.9 Å².